The van der Waals surface area contributed by atoms with Crippen molar-refractivity contribution in [3.63, 3.8) is 0 Å². The number of nitrogens with zero attached hydrogens (tertiary/aromatic N) is 2. The molecule has 15 heteroatoms. The summed E-state index contributed by atoms with van der Waals surface area (Å²) in [5.41, 5.74) is -7.43. The van der Waals surface area contributed by atoms with E-state index in [4.69, 9.17) is 4.74 Å². The minimum Gasteiger partial charge on any atom is -0.461 e. The third-order valence-corrected chi connectivity index (χ3v) is 6.37. The molecular weight excluding hydrogens is 623 g/mol. The van der Waals surface area contributed by atoms with Gasteiger partial charge in [-0.3, -0.25) is 14.3 Å². The number of ketones is 2. The monoisotopic (exact) mass is 642 g/mol. The standard InChI is InChI=1S/C30H19F9N2O4/c1-2-45-27(44)24-23(26(43)18-8-5-11-21(14-18)30(37,38)39)25(17-7-4-10-20(13-17)29(34,35)36)41(40-24)15-22(42)16-6-3-9-19(12-16)28(31,32)33/h3-14H,2,15H2,1H3. The molecule has 0 atom stereocenters. The van der Waals surface area contributed by atoms with E-state index in [0.29, 0.717) is 41.1 Å². The van der Waals surface area contributed by atoms with E-state index in [-0.39, 0.29) is 6.61 Å². The second-order valence-corrected chi connectivity index (χ2v) is 9.44. The van der Waals surface area contributed by atoms with Crippen molar-refractivity contribution in [2.75, 3.05) is 6.61 Å². The summed E-state index contributed by atoms with van der Waals surface area (Å²) < 4.78 is 127. The molecule has 3 aromatic carbocycles. The summed E-state index contributed by atoms with van der Waals surface area (Å²) in [6.07, 6.45) is -14.6. The fourth-order valence-electron chi connectivity index (χ4n) is 4.35. The Morgan fingerprint density at radius 2 is 1.20 bits per heavy atom. The fourth-order valence-corrected chi connectivity index (χ4v) is 4.35. The van der Waals surface area contributed by atoms with E-state index in [0.717, 1.165) is 36.4 Å². The smallest absolute Gasteiger partial charge is 0.416 e. The molecule has 0 N–H and O–H groups in total. The van der Waals surface area contributed by atoms with Gasteiger partial charge in [0.05, 0.1) is 34.6 Å². The van der Waals surface area contributed by atoms with Gasteiger partial charge in [0.2, 0.25) is 0 Å². The normalized spacial score (nSPS) is 12.2. The van der Waals surface area contributed by atoms with Gasteiger partial charge in [-0.2, -0.15) is 44.6 Å². The van der Waals surface area contributed by atoms with Gasteiger partial charge in [0, 0.05) is 16.7 Å². The van der Waals surface area contributed by atoms with Crippen LogP contribution in [0.2, 0.25) is 0 Å². The third-order valence-electron chi connectivity index (χ3n) is 6.37. The number of halogens is 9. The van der Waals surface area contributed by atoms with E-state index in [1.165, 1.54) is 6.92 Å². The van der Waals surface area contributed by atoms with Crippen LogP contribution in [0.15, 0.2) is 72.8 Å². The first-order chi connectivity index (χ1) is 20.9. The van der Waals surface area contributed by atoms with E-state index in [1.807, 2.05) is 0 Å². The molecule has 0 amide bonds. The maximum Gasteiger partial charge on any atom is 0.416 e. The van der Waals surface area contributed by atoms with Crippen LogP contribution in [0.4, 0.5) is 39.5 Å². The zero-order chi connectivity index (χ0) is 33.3. The molecule has 236 valence electrons. The summed E-state index contributed by atoms with van der Waals surface area (Å²) in [5.74, 6) is -3.63. The molecule has 1 heterocycles. The zero-order valence-electron chi connectivity index (χ0n) is 22.8. The molecule has 0 bridgehead atoms. The highest BCUT2D eigenvalue weighted by atomic mass is 19.4. The highest BCUT2D eigenvalue weighted by Gasteiger charge is 2.36. The highest BCUT2D eigenvalue weighted by Crippen LogP contribution is 2.36. The van der Waals surface area contributed by atoms with Crippen molar-refractivity contribution in [1.29, 1.82) is 0 Å². The SMILES string of the molecule is CCOC(=O)c1nn(CC(=O)c2cccc(C(F)(F)F)c2)c(-c2cccc(C(F)(F)F)c2)c1C(=O)c1cccc(C(F)(F)F)c1. The molecule has 0 saturated heterocycles. The Hall–Kier alpha value is -4.95. The lowest BCUT2D eigenvalue weighted by atomic mass is 9.95. The highest BCUT2D eigenvalue weighted by molar-refractivity contribution is 6.17. The lowest BCUT2D eigenvalue weighted by Crippen LogP contribution is -2.15. The molecule has 0 saturated carbocycles. The summed E-state index contributed by atoms with van der Waals surface area (Å²) in [6.45, 7) is 0.0914. The van der Waals surface area contributed by atoms with E-state index in [9.17, 15) is 53.9 Å². The number of ether oxygens (including phenoxy) is 1. The molecule has 0 aliphatic rings. The van der Waals surface area contributed by atoms with Gasteiger partial charge in [-0.15, -0.1) is 0 Å². The number of carbonyl (C=O) groups is 3. The van der Waals surface area contributed by atoms with Crippen molar-refractivity contribution in [2.24, 2.45) is 0 Å². The molecule has 45 heavy (non-hydrogen) atoms. The van der Waals surface area contributed by atoms with Crippen LogP contribution in [-0.4, -0.2) is 33.9 Å². The number of hydrogen-bond donors (Lipinski definition) is 0. The minimum atomic E-state index is -4.91. The molecule has 1 aromatic heterocycles. The predicted molar refractivity (Wildman–Crippen MR) is 139 cm³/mol. The fraction of sp³-hybridized carbons (Fsp3) is 0.200. The number of alkyl halides is 9. The van der Waals surface area contributed by atoms with E-state index in [2.05, 4.69) is 5.10 Å². The molecule has 0 unspecified atom stereocenters. The zero-order valence-corrected chi connectivity index (χ0v) is 22.8. The number of esters is 1. The molecular formula is C30H19F9N2O4. The van der Waals surface area contributed by atoms with Crippen LogP contribution in [0, 0.1) is 0 Å². The minimum absolute atomic E-state index is 0.287. The van der Waals surface area contributed by atoms with Gasteiger partial charge >= 0.3 is 24.5 Å². The molecule has 6 nitrogen and oxygen atoms in total. The Kier molecular flexibility index (Phi) is 8.94. The van der Waals surface area contributed by atoms with Gasteiger partial charge in [0.15, 0.2) is 17.3 Å². The topological polar surface area (TPSA) is 78.3 Å². The molecule has 0 spiro atoms. The molecule has 4 rings (SSSR count). The summed E-state index contributed by atoms with van der Waals surface area (Å²) in [4.78, 5) is 39.9. The Labute approximate surface area is 248 Å². The van der Waals surface area contributed by atoms with Crippen LogP contribution in [0.1, 0.15) is 60.4 Å². The molecule has 0 fully saturated rings. The van der Waals surface area contributed by atoms with Crippen molar-refractivity contribution in [2.45, 2.75) is 32.0 Å². The number of aromatic nitrogens is 2. The van der Waals surface area contributed by atoms with Crippen LogP contribution >= 0.6 is 0 Å². The van der Waals surface area contributed by atoms with Gasteiger partial charge in [0.1, 0.15) is 6.54 Å². The van der Waals surface area contributed by atoms with Gasteiger partial charge in [-0.25, -0.2) is 4.79 Å². The molecule has 4 aromatic rings. The molecule has 0 radical (unpaired) electrons. The first-order valence-corrected chi connectivity index (χ1v) is 12.8. The summed E-state index contributed by atoms with van der Waals surface area (Å²) in [6, 6.07) is 9.41. The second-order valence-electron chi connectivity index (χ2n) is 9.44. The Morgan fingerprint density at radius 1 is 0.711 bits per heavy atom. The Balaban J connectivity index is 1.98. The van der Waals surface area contributed by atoms with Crippen molar-refractivity contribution in [3.05, 3.63) is 112 Å². The lowest BCUT2D eigenvalue weighted by molar-refractivity contribution is -0.138. The molecule has 0 aliphatic carbocycles. The van der Waals surface area contributed by atoms with Crippen molar-refractivity contribution in [1.82, 2.24) is 9.78 Å². The maximum absolute atomic E-state index is 13.8. The number of rotatable bonds is 8. The lowest BCUT2D eigenvalue weighted by Gasteiger charge is -2.13. The van der Waals surface area contributed by atoms with E-state index < -0.39 is 92.9 Å². The second kappa shape index (κ2) is 12.2. The van der Waals surface area contributed by atoms with Gasteiger partial charge in [-0.05, 0) is 43.3 Å². The van der Waals surface area contributed by atoms with Crippen LogP contribution in [0.5, 0.6) is 0 Å². The number of benzene rings is 3. The Bertz CT molecular complexity index is 1770. The summed E-state index contributed by atoms with van der Waals surface area (Å²) >= 11 is 0. The summed E-state index contributed by atoms with van der Waals surface area (Å²) in [5, 5.41) is 3.93. The summed E-state index contributed by atoms with van der Waals surface area (Å²) in [7, 11) is 0. The number of hydrogen-bond acceptors (Lipinski definition) is 5. The molecule has 0 aliphatic heterocycles. The number of carbonyl (C=O) groups excluding carboxylic acids is 3. The Morgan fingerprint density at radius 3 is 1.73 bits per heavy atom. The maximum atomic E-state index is 13.8. The first-order valence-electron chi connectivity index (χ1n) is 12.8. The largest absolute Gasteiger partial charge is 0.461 e. The van der Waals surface area contributed by atoms with Gasteiger partial charge < -0.3 is 4.74 Å². The predicted octanol–water partition coefficient (Wildman–Crippen LogP) is 7.90. The number of Topliss-reactive ketones (excluding diaryl/α,β-unsaturated/α-hetero) is 1. The first kappa shape index (κ1) is 33.0. The van der Waals surface area contributed by atoms with Crippen LogP contribution in [0.25, 0.3) is 11.3 Å². The average Bonchev–Trinajstić information content (AvgIpc) is 3.35. The van der Waals surface area contributed by atoms with Crippen LogP contribution in [-0.2, 0) is 29.8 Å². The quantitative estimate of drug-likeness (QED) is 0.111. The van der Waals surface area contributed by atoms with Crippen LogP contribution < -0.4 is 0 Å². The van der Waals surface area contributed by atoms with Crippen LogP contribution in [0.3, 0.4) is 0 Å². The van der Waals surface area contributed by atoms with Gasteiger partial charge in [0.25, 0.3) is 0 Å². The van der Waals surface area contributed by atoms with E-state index in [1.54, 1.807) is 0 Å². The average molecular weight is 642 g/mol. The van der Waals surface area contributed by atoms with E-state index >= 15 is 0 Å². The van der Waals surface area contributed by atoms with Crippen molar-refractivity contribution in [3.8, 4) is 11.3 Å². The van der Waals surface area contributed by atoms with Crippen molar-refractivity contribution < 1.29 is 58.6 Å². The van der Waals surface area contributed by atoms with Gasteiger partial charge in [-0.1, -0.05) is 36.4 Å². The van der Waals surface area contributed by atoms with Crippen molar-refractivity contribution >= 4 is 17.5 Å². The third kappa shape index (κ3) is 7.24.